The van der Waals surface area contributed by atoms with E-state index in [1.165, 1.54) is 30.3 Å². The lowest BCUT2D eigenvalue weighted by Gasteiger charge is -2.08. The Balaban J connectivity index is 1.77. The van der Waals surface area contributed by atoms with Gasteiger partial charge in [-0.2, -0.15) is 0 Å². The van der Waals surface area contributed by atoms with Gasteiger partial charge in [0.15, 0.2) is 0 Å². The largest absolute Gasteiger partial charge is 0.354 e. The van der Waals surface area contributed by atoms with Crippen LogP contribution in [0.4, 0.5) is 0 Å². The summed E-state index contributed by atoms with van der Waals surface area (Å²) in [6.07, 6.45) is 1.72. The van der Waals surface area contributed by atoms with Crippen LogP contribution in [0, 0.1) is 0 Å². The van der Waals surface area contributed by atoms with Gasteiger partial charge in [-0.1, -0.05) is 36.4 Å². The first-order valence-electron chi connectivity index (χ1n) is 8.72. The van der Waals surface area contributed by atoms with Gasteiger partial charge in [-0.05, 0) is 29.8 Å². The number of hydrogen-bond donors (Lipinski definition) is 3. The van der Waals surface area contributed by atoms with E-state index in [4.69, 9.17) is 0 Å². The second kappa shape index (κ2) is 10.4. The Hall–Kier alpha value is -2.97. The molecule has 2 aromatic carbocycles. The Morgan fingerprint density at radius 3 is 2.21 bits per heavy atom. The molecule has 0 unspecified atom stereocenters. The molecule has 0 aliphatic carbocycles. The molecule has 0 aliphatic heterocycles. The summed E-state index contributed by atoms with van der Waals surface area (Å²) in [4.78, 5) is 24.0. The molecule has 8 heteroatoms. The average molecular weight is 401 g/mol. The first-order valence-corrected chi connectivity index (χ1v) is 10.2. The van der Waals surface area contributed by atoms with E-state index in [9.17, 15) is 18.0 Å². The first-order chi connectivity index (χ1) is 13.4. The molecule has 0 radical (unpaired) electrons. The predicted octanol–water partition coefficient (Wildman–Crippen LogP) is 1.24. The minimum absolute atomic E-state index is 0.0686. The van der Waals surface area contributed by atoms with Crippen molar-refractivity contribution in [3.8, 4) is 0 Å². The van der Waals surface area contributed by atoms with Crippen LogP contribution < -0.4 is 15.4 Å². The number of sulfonamides is 1. The van der Waals surface area contributed by atoms with Crippen molar-refractivity contribution in [2.75, 3.05) is 19.6 Å². The molecule has 0 spiro atoms. The second-order valence-corrected chi connectivity index (χ2v) is 7.70. The molecule has 0 aromatic heterocycles. The predicted molar refractivity (Wildman–Crippen MR) is 107 cm³/mol. The maximum Gasteiger partial charge on any atom is 0.251 e. The molecule has 0 fully saturated rings. The van der Waals surface area contributed by atoms with Crippen molar-refractivity contribution in [2.45, 2.75) is 11.3 Å². The van der Waals surface area contributed by atoms with E-state index in [0.29, 0.717) is 12.1 Å². The summed E-state index contributed by atoms with van der Waals surface area (Å²) in [5.41, 5.74) is 1.25. The Morgan fingerprint density at radius 1 is 0.929 bits per heavy atom. The number of carbonyl (C=O) groups excluding carboxylic acids is 2. The number of nitrogens with one attached hydrogen (secondary N) is 3. The van der Waals surface area contributed by atoms with Gasteiger partial charge in [-0.3, -0.25) is 9.59 Å². The van der Waals surface area contributed by atoms with Gasteiger partial charge in [0.1, 0.15) is 0 Å². The van der Waals surface area contributed by atoms with Crippen LogP contribution in [0.15, 0.2) is 72.1 Å². The van der Waals surface area contributed by atoms with Crippen molar-refractivity contribution >= 4 is 21.8 Å². The van der Waals surface area contributed by atoms with Crippen molar-refractivity contribution < 1.29 is 18.0 Å². The lowest BCUT2D eigenvalue weighted by atomic mass is 10.1. The summed E-state index contributed by atoms with van der Waals surface area (Å²) in [5.74, 6) is -0.470. The van der Waals surface area contributed by atoms with Crippen LogP contribution in [0.25, 0.3) is 0 Å². The molecular weight excluding hydrogens is 378 g/mol. The third kappa shape index (κ3) is 6.64. The van der Waals surface area contributed by atoms with Crippen molar-refractivity contribution in [1.29, 1.82) is 0 Å². The fourth-order valence-electron chi connectivity index (χ4n) is 2.36. The molecule has 7 nitrogen and oxygen atoms in total. The van der Waals surface area contributed by atoms with E-state index in [1.807, 2.05) is 30.3 Å². The Labute approximate surface area is 164 Å². The molecule has 2 amide bonds. The lowest BCUT2D eigenvalue weighted by Crippen LogP contribution is -2.35. The molecule has 0 atom stereocenters. The molecule has 2 aromatic rings. The van der Waals surface area contributed by atoms with Crippen LogP contribution in [-0.2, 0) is 21.2 Å². The molecule has 0 saturated heterocycles. The average Bonchev–Trinajstić information content (AvgIpc) is 2.70. The summed E-state index contributed by atoms with van der Waals surface area (Å²) in [6, 6.07) is 15.0. The standard InChI is InChI=1S/C20H23N3O4S/c1-2-12-23-28(26,27)18-10-8-17(9-11-18)20(25)22-14-13-21-19(24)15-16-6-4-3-5-7-16/h2-11,23H,1,12-15H2,(H,21,24)(H,22,25). The van der Waals surface area contributed by atoms with Gasteiger partial charge in [0, 0.05) is 25.2 Å². The van der Waals surface area contributed by atoms with Crippen LogP contribution in [0.5, 0.6) is 0 Å². The van der Waals surface area contributed by atoms with Gasteiger partial charge in [-0.15, -0.1) is 6.58 Å². The van der Waals surface area contributed by atoms with Crippen LogP contribution in [0.3, 0.4) is 0 Å². The van der Waals surface area contributed by atoms with Crippen LogP contribution in [0.2, 0.25) is 0 Å². The normalized spacial score (nSPS) is 10.9. The SMILES string of the molecule is C=CCNS(=O)(=O)c1ccc(C(=O)NCCNC(=O)Cc2ccccc2)cc1. The number of amides is 2. The van der Waals surface area contributed by atoms with Gasteiger partial charge in [0.05, 0.1) is 11.3 Å². The quantitative estimate of drug-likeness (QED) is 0.411. The zero-order valence-electron chi connectivity index (χ0n) is 15.4. The van der Waals surface area contributed by atoms with Crippen LogP contribution >= 0.6 is 0 Å². The number of hydrogen-bond acceptors (Lipinski definition) is 4. The highest BCUT2D eigenvalue weighted by Gasteiger charge is 2.13. The third-order valence-corrected chi connectivity index (χ3v) is 5.22. The molecule has 0 aliphatic rings. The number of benzene rings is 2. The molecule has 0 saturated carbocycles. The molecule has 2 rings (SSSR count). The van der Waals surface area contributed by atoms with E-state index >= 15 is 0 Å². The summed E-state index contributed by atoms with van der Waals surface area (Å²) < 4.78 is 26.3. The molecule has 0 heterocycles. The Morgan fingerprint density at radius 2 is 1.57 bits per heavy atom. The smallest absolute Gasteiger partial charge is 0.251 e. The minimum atomic E-state index is -3.62. The highest BCUT2D eigenvalue weighted by molar-refractivity contribution is 7.89. The zero-order valence-corrected chi connectivity index (χ0v) is 16.2. The summed E-state index contributed by atoms with van der Waals surface area (Å²) in [6.45, 7) is 4.15. The van der Waals surface area contributed by atoms with Crippen molar-refractivity contribution in [1.82, 2.24) is 15.4 Å². The van der Waals surface area contributed by atoms with E-state index in [2.05, 4.69) is 21.9 Å². The highest BCUT2D eigenvalue weighted by Crippen LogP contribution is 2.10. The van der Waals surface area contributed by atoms with E-state index in [-0.39, 0.29) is 36.2 Å². The summed E-state index contributed by atoms with van der Waals surface area (Å²) in [7, 11) is -3.62. The topological polar surface area (TPSA) is 104 Å². The maximum absolute atomic E-state index is 12.1. The number of carbonyl (C=O) groups is 2. The highest BCUT2D eigenvalue weighted by atomic mass is 32.2. The maximum atomic E-state index is 12.1. The minimum Gasteiger partial charge on any atom is -0.354 e. The van der Waals surface area contributed by atoms with Crippen molar-refractivity contribution in [3.63, 3.8) is 0 Å². The molecule has 148 valence electrons. The van der Waals surface area contributed by atoms with Gasteiger partial charge in [0.25, 0.3) is 5.91 Å². The Bertz CT molecular complexity index is 910. The number of rotatable bonds is 10. The molecular formula is C20H23N3O4S. The van der Waals surface area contributed by atoms with Gasteiger partial charge >= 0.3 is 0 Å². The van der Waals surface area contributed by atoms with Gasteiger partial charge in [0.2, 0.25) is 15.9 Å². The van der Waals surface area contributed by atoms with E-state index < -0.39 is 10.0 Å². The van der Waals surface area contributed by atoms with E-state index in [1.54, 1.807) is 0 Å². The third-order valence-electron chi connectivity index (χ3n) is 3.78. The van der Waals surface area contributed by atoms with E-state index in [0.717, 1.165) is 5.56 Å². The van der Waals surface area contributed by atoms with Crippen LogP contribution in [0.1, 0.15) is 15.9 Å². The van der Waals surface area contributed by atoms with Gasteiger partial charge in [-0.25, -0.2) is 13.1 Å². The first kappa shape index (κ1) is 21.3. The van der Waals surface area contributed by atoms with Crippen LogP contribution in [-0.4, -0.2) is 39.9 Å². The Kier molecular flexibility index (Phi) is 7.91. The van der Waals surface area contributed by atoms with Crippen molar-refractivity contribution in [3.05, 3.63) is 78.4 Å². The summed E-state index contributed by atoms with van der Waals surface area (Å²) >= 11 is 0. The molecule has 0 bridgehead atoms. The molecule has 28 heavy (non-hydrogen) atoms. The monoisotopic (exact) mass is 401 g/mol. The van der Waals surface area contributed by atoms with Gasteiger partial charge < -0.3 is 10.6 Å². The second-order valence-electron chi connectivity index (χ2n) is 5.93. The summed E-state index contributed by atoms with van der Waals surface area (Å²) in [5, 5.41) is 5.42. The zero-order chi connectivity index (χ0) is 20.4. The molecule has 3 N–H and O–H groups in total. The lowest BCUT2D eigenvalue weighted by molar-refractivity contribution is -0.120. The van der Waals surface area contributed by atoms with Crippen molar-refractivity contribution in [2.24, 2.45) is 0 Å². The fraction of sp³-hybridized carbons (Fsp3) is 0.200. The fourth-order valence-corrected chi connectivity index (χ4v) is 3.36.